The molecule has 1 aliphatic heterocycles. The second-order valence-electron chi connectivity index (χ2n) is 4.32. The molecule has 0 aromatic carbocycles. The molecule has 2 bridgehead atoms. The standard InChI is InChI=1S/C11H14O4/c1-3-9(12)14-11-6-8(4-7(11)2)5-10(13)15-11/h3,7-8H,1,4-6H2,2H3. The average molecular weight is 210 g/mol. The highest BCUT2D eigenvalue weighted by atomic mass is 16.7. The molecule has 0 radical (unpaired) electrons. The zero-order valence-corrected chi connectivity index (χ0v) is 8.69. The van der Waals surface area contributed by atoms with Gasteiger partial charge in [-0.3, -0.25) is 4.79 Å². The summed E-state index contributed by atoms with van der Waals surface area (Å²) in [5.74, 6) is -1.47. The van der Waals surface area contributed by atoms with Crippen molar-refractivity contribution in [3.05, 3.63) is 12.7 Å². The Morgan fingerprint density at radius 2 is 2.47 bits per heavy atom. The Labute approximate surface area is 88.2 Å². The van der Waals surface area contributed by atoms with Crippen LogP contribution in [0.2, 0.25) is 0 Å². The van der Waals surface area contributed by atoms with Crippen LogP contribution in [0.1, 0.15) is 26.2 Å². The molecule has 3 unspecified atom stereocenters. The van der Waals surface area contributed by atoms with Gasteiger partial charge in [0.2, 0.25) is 0 Å². The predicted molar refractivity (Wildman–Crippen MR) is 51.6 cm³/mol. The van der Waals surface area contributed by atoms with Gasteiger partial charge in [-0.1, -0.05) is 13.5 Å². The number of carbonyl (C=O) groups is 2. The lowest BCUT2D eigenvalue weighted by Gasteiger charge is -2.34. The van der Waals surface area contributed by atoms with Crippen LogP contribution in [0.5, 0.6) is 0 Å². The molecule has 4 nitrogen and oxygen atoms in total. The first-order chi connectivity index (χ1) is 7.05. The first-order valence-corrected chi connectivity index (χ1v) is 5.13. The van der Waals surface area contributed by atoms with Crippen LogP contribution in [0, 0.1) is 11.8 Å². The second-order valence-corrected chi connectivity index (χ2v) is 4.32. The Hall–Kier alpha value is -1.32. The van der Waals surface area contributed by atoms with E-state index in [1.807, 2.05) is 6.92 Å². The highest BCUT2D eigenvalue weighted by Crippen LogP contribution is 2.48. The Morgan fingerprint density at radius 3 is 3.13 bits per heavy atom. The molecular formula is C11H14O4. The maximum absolute atomic E-state index is 11.3. The van der Waals surface area contributed by atoms with Crippen molar-refractivity contribution in [1.29, 1.82) is 0 Å². The Bertz CT molecular complexity index is 323. The lowest BCUT2D eigenvalue weighted by Crippen LogP contribution is -2.44. The number of fused-ring (bicyclic) bond motifs is 2. The van der Waals surface area contributed by atoms with Gasteiger partial charge in [0, 0.05) is 24.8 Å². The molecule has 2 fully saturated rings. The topological polar surface area (TPSA) is 52.6 Å². The van der Waals surface area contributed by atoms with Gasteiger partial charge in [-0.15, -0.1) is 0 Å². The molecule has 0 N–H and O–H groups in total. The van der Waals surface area contributed by atoms with Crippen LogP contribution < -0.4 is 0 Å². The van der Waals surface area contributed by atoms with Crippen molar-refractivity contribution < 1.29 is 19.1 Å². The van der Waals surface area contributed by atoms with Crippen LogP contribution in [-0.2, 0) is 19.1 Å². The van der Waals surface area contributed by atoms with Crippen molar-refractivity contribution in [2.45, 2.75) is 32.0 Å². The van der Waals surface area contributed by atoms with Gasteiger partial charge >= 0.3 is 11.9 Å². The summed E-state index contributed by atoms with van der Waals surface area (Å²) in [7, 11) is 0. The van der Waals surface area contributed by atoms with E-state index in [1.54, 1.807) is 0 Å². The Morgan fingerprint density at radius 1 is 1.73 bits per heavy atom. The molecule has 15 heavy (non-hydrogen) atoms. The first-order valence-electron chi connectivity index (χ1n) is 5.13. The van der Waals surface area contributed by atoms with Crippen molar-refractivity contribution in [2.24, 2.45) is 11.8 Å². The minimum Gasteiger partial charge on any atom is -0.422 e. The molecule has 1 aliphatic carbocycles. The lowest BCUT2D eigenvalue weighted by atomic mass is 10.0. The van der Waals surface area contributed by atoms with Gasteiger partial charge in [-0.05, 0) is 12.3 Å². The maximum Gasteiger partial charge on any atom is 0.333 e. The molecule has 82 valence electrons. The summed E-state index contributed by atoms with van der Waals surface area (Å²) in [5, 5.41) is 0. The molecule has 2 aliphatic rings. The fourth-order valence-electron chi connectivity index (χ4n) is 2.51. The van der Waals surface area contributed by atoms with E-state index in [1.165, 1.54) is 0 Å². The number of rotatable bonds is 2. The number of hydrogen-bond acceptors (Lipinski definition) is 4. The number of esters is 2. The van der Waals surface area contributed by atoms with Gasteiger partial charge in [-0.25, -0.2) is 4.79 Å². The largest absolute Gasteiger partial charge is 0.422 e. The van der Waals surface area contributed by atoms with E-state index >= 15 is 0 Å². The monoisotopic (exact) mass is 210 g/mol. The summed E-state index contributed by atoms with van der Waals surface area (Å²) in [6, 6.07) is 0. The molecule has 3 atom stereocenters. The van der Waals surface area contributed by atoms with E-state index < -0.39 is 11.8 Å². The van der Waals surface area contributed by atoms with Crippen LogP contribution >= 0.6 is 0 Å². The lowest BCUT2D eigenvalue weighted by molar-refractivity contribution is -0.243. The summed E-state index contributed by atoms with van der Waals surface area (Å²) >= 11 is 0. The summed E-state index contributed by atoms with van der Waals surface area (Å²) < 4.78 is 10.4. The number of carbonyl (C=O) groups excluding carboxylic acids is 2. The van der Waals surface area contributed by atoms with E-state index in [9.17, 15) is 9.59 Å². The van der Waals surface area contributed by atoms with E-state index in [0.717, 1.165) is 12.5 Å². The van der Waals surface area contributed by atoms with Crippen molar-refractivity contribution in [3.63, 3.8) is 0 Å². The Balaban J connectivity index is 2.20. The van der Waals surface area contributed by atoms with E-state index in [2.05, 4.69) is 6.58 Å². The number of ether oxygens (including phenoxy) is 2. The van der Waals surface area contributed by atoms with Gasteiger partial charge in [0.05, 0.1) is 0 Å². The third-order valence-corrected chi connectivity index (χ3v) is 3.19. The molecular weight excluding hydrogens is 196 g/mol. The molecule has 2 rings (SSSR count). The zero-order chi connectivity index (χ0) is 11.1. The fourth-order valence-corrected chi connectivity index (χ4v) is 2.51. The summed E-state index contributed by atoms with van der Waals surface area (Å²) in [6.45, 7) is 5.27. The SMILES string of the molecule is C=CC(=O)OC12CC(CC(=O)O1)CC2C. The van der Waals surface area contributed by atoms with Crippen LogP contribution in [0.3, 0.4) is 0 Å². The van der Waals surface area contributed by atoms with Gasteiger partial charge in [-0.2, -0.15) is 0 Å². The van der Waals surface area contributed by atoms with Crippen LogP contribution in [0.25, 0.3) is 0 Å². The van der Waals surface area contributed by atoms with Crippen LogP contribution in [0.4, 0.5) is 0 Å². The van der Waals surface area contributed by atoms with Gasteiger partial charge < -0.3 is 9.47 Å². The fraction of sp³-hybridized carbons (Fsp3) is 0.636. The Kier molecular flexibility index (Phi) is 2.29. The van der Waals surface area contributed by atoms with Crippen molar-refractivity contribution >= 4 is 11.9 Å². The molecule has 0 spiro atoms. The first kappa shape index (κ1) is 10.2. The molecule has 1 saturated heterocycles. The quantitative estimate of drug-likeness (QED) is 0.510. The number of hydrogen-bond donors (Lipinski definition) is 0. The third kappa shape index (κ3) is 1.64. The molecule has 1 heterocycles. The smallest absolute Gasteiger partial charge is 0.333 e. The molecule has 1 saturated carbocycles. The third-order valence-electron chi connectivity index (χ3n) is 3.19. The van der Waals surface area contributed by atoms with Crippen LogP contribution in [0.15, 0.2) is 12.7 Å². The minimum atomic E-state index is -1.02. The van der Waals surface area contributed by atoms with E-state index in [4.69, 9.17) is 9.47 Å². The average Bonchev–Trinajstić information content (AvgIpc) is 2.36. The van der Waals surface area contributed by atoms with Gasteiger partial charge in [0.25, 0.3) is 5.79 Å². The summed E-state index contributed by atoms with van der Waals surface area (Å²) in [6.07, 6.45) is 3.03. The van der Waals surface area contributed by atoms with Crippen LogP contribution in [-0.4, -0.2) is 17.7 Å². The van der Waals surface area contributed by atoms with E-state index in [0.29, 0.717) is 18.8 Å². The molecule has 0 aromatic heterocycles. The summed E-state index contributed by atoms with van der Waals surface area (Å²) in [4.78, 5) is 22.5. The highest BCUT2D eigenvalue weighted by molar-refractivity contribution is 5.82. The maximum atomic E-state index is 11.3. The van der Waals surface area contributed by atoms with E-state index in [-0.39, 0.29) is 11.9 Å². The minimum absolute atomic E-state index is 0.0675. The summed E-state index contributed by atoms with van der Waals surface area (Å²) in [5.41, 5.74) is 0. The van der Waals surface area contributed by atoms with Crippen molar-refractivity contribution in [3.8, 4) is 0 Å². The predicted octanol–water partition coefficient (Wildman–Crippen LogP) is 1.40. The van der Waals surface area contributed by atoms with Gasteiger partial charge in [0.15, 0.2) is 0 Å². The molecule has 0 amide bonds. The van der Waals surface area contributed by atoms with Crippen molar-refractivity contribution in [1.82, 2.24) is 0 Å². The highest BCUT2D eigenvalue weighted by Gasteiger charge is 2.55. The second kappa shape index (κ2) is 3.36. The molecule has 0 aromatic rings. The molecule has 4 heteroatoms. The van der Waals surface area contributed by atoms with Gasteiger partial charge in [0.1, 0.15) is 0 Å². The van der Waals surface area contributed by atoms with Crippen molar-refractivity contribution in [2.75, 3.05) is 0 Å². The zero-order valence-electron chi connectivity index (χ0n) is 8.69. The normalized spacial score (nSPS) is 38.3.